The van der Waals surface area contributed by atoms with Crippen LogP contribution < -0.4 is 9.64 Å². The fourth-order valence-electron chi connectivity index (χ4n) is 2.29. The molecule has 0 amide bonds. The zero-order valence-corrected chi connectivity index (χ0v) is 12.0. The third kappa shape index (κ3) is 3.59. The summed E-state index contributed by atoms with van der Waals surface area (Å²) in [6.45, 7) is 4.14. The van der Waals surface area contributed by atoms with Crippen molar-refractivity contribution >= 4 is 11.9 Å². The molecule has 0 saturated carbocycles. The van der Waals surface area contributed by atoms with Gasteiger partial charge >= 0.3 is 5.97 Å². The second kappa shape index (κ2) is 7.07. The van der Waals surface area contributed by atoms with Crippen LogP contribution >= 0.6 is 0 Å². The van der Waals surface area contributed by atoms with Gasteiger partial charge < -0.3 is 14.4 Å². The Morgan fingerprint density at radius 1 is 1.55 bits per heavy atom. The number of esters is 1. The maximum atomic E-state index is 11.6. The topological polar surface area (TPSA) is 64.5 Å². The maximum Gasteiger partial charge on any atom is 0.310 e. The monoisotopic (exact) mass is 279 g/mol. The highest BCUT2D eigenvalue weighted by Crippen LogP contribution is 2.22. The van der Waals surface area contributed by atoms with Crippen molar-refractivity contribution in [3.8, 4) is 5.88 Å². The normalized spacial score (nSPS) is 18.7. The van der Waals surface area contributed by atoms with Gasteiger partial charge in [-0.15, -0.1) is 0 Å². The Morgan fingerprint density at radius 3 is 3.15 bits per heavy atom. The van der Waals surface area contributed by atoms with Crippen molar-refractivity contribution in [2.75, 3.05) is 31.7 Å². The SMILES string of the molecule is CCCOc1ccnc(N2CCCC(C(=O)OC)C2)n1. The second-order valence-corrected chi connectivity index (χ2v) is 4.85. The molecule has 1 aromatic rings. The van der Waals surface area contributed by atoms with Crippen LogP contribution in [0.4, 0.5) is 5.95 Å². The number of hydrogen-bond donors (Lipinski definition) is 0. The number of aromatic nitrogens is 2. The number of hydrogen-bond acceptors (Lipinski definition) is 6. The molecule has 0 spiro atoms. The third-order valence-corrected chi connectivity index (χ3v) is 3.31. The van der Waals surface area contributed by atoms with Gasteiger partial charge in [-0.2, -0.15) is 4.98 Å². The van der Waals surface area contributed by atoms with E-state index in [0.717, 1.165) is 25.8 Å². The van der Waals surface area contributed by atoms with E-state index in [1.807, 2.05) is 11.8 Å². The van der Waals surface area contributed by atoms with E-state index in [-0.39, 0.29) is 11.9 Å². The Balaban J connectivity index is 2.04. The van der Waals surface area contributed by atoms with E-state index >= 15 is 0 Å². The summed E-state index contributed by atoms with van der Waals surface area (Å²) in [6.07, 6.45) is 4.42. The second-order valence-electron chi connectivity index (χ2n) is 4.85. The van der Waals surface area contributed by atoms with Crippen molar-refractivity contribution < 1.29 is 14.3 Å². The maximum absolute atomic E-state index is 11.6. The highest BCUT2D eigenvalue weighted by molar-refractivity contribution is 5.73. The van der Waals surface area contributed by atoms with E-state index in [4.69, 9.17) is 9.47 Å². The van der Waals surface area contributed by atoms with Crippen LogP contribution in [0, 0.1) is 5.92 Å². The molecule has 6 heteroatoms. The molecular formula is C14H21N3O3. The number of carbonyl (C=O) groups is 1. The van der Waals surface area contributed by atoms with Crippen LogP contribution in [-0.2, 0) is 9.53 Å². The molecule has 1 fully saturated rings. The summed E-state index contributed by atoms with van der Waals surface area (Å²) >= 11 is 0. The van der Waals surface area contributed by atoms with Crippen molar-refractivity contribution in [1.29, 1.82) is 0 Å². The van der Waals surface area contributed by atoms with Crippen molar-refractivity contribution in [2.24, 2.45) is 5.92 Å². The van der Waals surface area contributed by atoms with Gasteiger partial charge in [0.25, 0.3) is 0 Å². The Labute approximate surface area is 119 Å². The van der Waals surface area contributed by atoms with Crippen molar-refractivity contribution in [3.05, 3.63) is 12.3 Å². The molecule has 2 rings (SSSR count). The van der Waals surface area contributed by atoms with E-state index in [0.29, 0.717) is 25.0 Å². The van der Waals surface area contributed by atoms with Crippen LogP contribution in [0.5, 0.6) is 5.88 Å². The number of ether oxygens (including phenoxy) is 2. The van der Waals surface area contributed by atoms with Crippen molar-refractivity contribution in [3.63, 3.8) is 0 Å². The number of carbonyl (C=O) groups excluding carboxylic acids is 1. The first kappa shape index (κ1) is 14.6. The quantitative estimate of drug-likeness (QED) is 0.764. The Kier molecular flexibility index (Phi) is 5.15. The minimum absolute atomic E-state index is 0.0995. The summed E-state index contributed by atoms with van der Waals surface area (Å²) in [5.41, 5.74) is 0. The number of nitrogens with zero attached hydrogens (tertiary/aromatic N) is 3. The largest absolute Gasteiger partial charge is 0.478 e. The Hall–Kier alpha value is -1.85. The molecule has 2 heterocycles. The lowest BCUT2D eigenvalue weighted by Crippen LogP contribution is -2.40. The fourth-order valence-corrected chi connectivity index (χ4v) is 2.29. The van der Waals surface area contributed by atoms with E-state index < -0.39 is 0 Å². The molecule has 1 aliphatic rings. The first-order chi connectivity index (χ1) is 9.74. The van der Waals surface area contributed by atoms with Crippen LogP contribution in [0.1, 0.15) is 26.2 Å². The predicted octanol–water partition coefficient (Wildman–Crippen LogP) is 1.65. The lowest BCUT2D eigenvalue weighted by molar-refractivity contribution is -0.145. The summed E-state index contributed by atoms with van der Waals surface area (Å²) in [5, 5.41) is 0. The molecule has 0 N–H and O–H groups in total. The Morgan fingerprint density at radius 2 is 2.40 bits per heavy atom. The van der Waals surface area contributed by atoms with Gasteiger partial charge in [0.05, 0.1) is 19.6 Å². The number of methoxy groups -OCH3 is 1. The molecule has 1 saturated heterocycles. The molecule has 1 atom stereocenters. The molecular weight excluding hydrogens is 258 g/mol. The summed E-state index contributed by atoms with van der Waals surface area (Å²) in [4.78, 5) is 22.3. The minimum atomic E-state index is -0.159. The molecule has 20 heavy (non-hydrogen) atoms. The van der Waals surface area contributed by atoms with Gasteiger partial charge in [-0.1, -0.05) is 6.92 Å². The minimum Gasteiger partial charge on any atom is -0.478 e. The van der Waals surface area contributed by atoms with E-state index in [1.165, 1.54) is 7.11 Å². The first-order valence-electron chi connectivity index (χ1n) is 7.03. The number of piperidine rings is 1. The molecule has 0 radical (unpaired) electrons. The highest BCUT2D eigenvalue weighted by Gasteiger charge is 2.27. The molecule has 1 aromatic heterocycles. The average molecular weight is 279 g/mol. The molecule has 6 nitrogen and oxygen atoms in total. The third-order valence-electron chi connectivity index (χ3n) is 3.31. The van der Waals surface area contributed by atoms with Gasteiger partial charge in [-0.3, -0.25) is 4.79 Å². The molecule has 0 aliphatic carbocycles. The standard InChI is InChI=1S/C14H21N3O3/c1-3-9-20-12-6-7-15-14(16-12)17-8-4-5-11(10-17)13(18)19-2/h6-7,11H,3-5,8-10H2,1-2H3. The lowest BCUT2D eigenvalue weighted by atomic mass is 9.98. The van der Waals surface area contributed by atoms with E-state index in [2.05, 4.69) is 9.97 Å². The summed E-state index contributed by atoms with van der Waals surface area (Å²) < 4.78 is 10.3. The number of rotatable bonds is 5. The van der Waals surface area contributed by atoms with Gasteiger partial charge in [0.15, 0.2) is 0 Å². The zero-order valence-electron chi connectivity index (χ0n) is 12.0. The molecule has 1 unspecified atom stereocenters. The summed E-state index contributed by atoms with van der Waals surface area (Å²) in [7, 11) is 1.43. The van der Waals surface area contributed by atoms with E-state index in [9.17, 15) is 4.79 Å². The fraction of sp³-hybridized carbons (Fsp3) is 0.643. The van der Waals surface area contributed by atoms with Gasteiger partial charge in [0.2, 0.25) is 11.8 Å². The van der Waals surface area contributed by atoms with Crippen LogP contribution in [-0.4, -0.2) is 42.7 Å². The zero-order chi connectivity index (χ0) is 14.4. The van der Waals surface area contributed by atoms with Gasteiger partial charge in [0, 0.05) is 25.4 Å². The van der Waals surface area contributed by atoms with Crippen LogP contribution in [0.25, 0.3) is 0 Å². The average Bonchev–Trinajstić information content (AvgIpc) is 2.52. The van der Waals surface area contributed by atoms with Gasteiger partial charge in [0.1, 0.15) is 0 Å². The van der Waals surface area contributed by atoms with E-state index in [1.54, 1.807) is 12.3 Å². The number of anilines is 1. The summed E-state index contributed by atoms with van der Waals surface area (Å²) in [5.74, 6) is 0.940. The van der Waals surface area contributed by atoms with Crippen molar-refractivity contribution in [2.45, 2.75) is 26.2 Å². The molecule has 0 aromatic carbocycles. The molecule has 110 valence electrons. The summed E-state index contributed by atoms with van der Waals surface area (Å²) in [6, 6.07) is 1.75. The Bertz CT molecular complexity index is 453. The molecule has 0 bridgehead atoms. The van der Waals surface area contributed by atoms with Crippen LogP contribution in [0.2, 0.25) is 0 Å². The van der Waals surface area contributed by atoms with Crippen LogP contribution in [0.15, 0.2) is 12.3 Å². The van der Waals surface area contributed by atoms with Crippen LogP contribution in [0.3, 0.4) is 0 Å². The highest BCUT2D eigenvalue weighted by atomic mass is 16.5. The predicted molar refractivity (Wildman–Crippen MR) is 74.8 cm³/mol. The first-order valence-corrected chi connectivity index (χ1v) is 7.03. The van der Waals surface area contributed by atoms with Gasteiger partial charge in [-0.25, -0.2) is 4.98 Å². The molecule has 1 aliphatic heterocycles. The van der Waals surface area contributed by atoms with Gasteiger partial charge in [-0.05, 0) is 19.3 Å². The lowest BCUT2D eigenvalue weighted by Gasteiger charge is -2.31. The van der Waals surface area contributed by atoms with Crippen molar-refractivity contribution in [1.82, 2.24) is 9.97 Å². The smallest absolute Gasteiger partial charge is 0.310 e.